The van der Waals surface area contributed by atoms with Crippen LogP contribution in [-0.2, 0) is 6.42 Å². The molecule has 13 heavy (non-hydrogen) atoms. The first-order chi connectivity index (χ1) is 6.20. The first-order valence-corrected chi connectivity index (χ1v) is 4.37. The third kappa shape index (κ3) is 1.30. The third-order valence-electron chi connectivity index (χ3n) is 2.56. The van der Waals surface area contributed by atoms with E-state index in [1.165, 1.54) is 0 Å². The van der Waals surface area contributed by atoms with Gasteiger partial charge >= 0.3 is 0 Å². The average molecular weight is 180 g/mol. The number of rotatable bonds is 0. The fourth-order valence-electron chi connectivity index (χ4n) is 1.80. The summed E-state index contributed by atoms with van der Waals surface area (Å²) in [5, 5.41) is 28.4. The number of phenols is 1. The molecule has 0 heterocycles. The van der Waals surface area contributed by atoms with Crippen LogP contribution in [0.25, 0.3) is 0 Å². The van der Waals surface area contributed by atoms with Gasteiger partial charge in [-0.25, -0.2) is 0 Å². The molecule has 1 aromatic rings. The molecule has 0 unspecified atom stereocenters. The van der Waals surface area contributed by atoms with Gasteiger partial charge in [0.2, 0.25) is 0 Å². The molecule has 0 aliphatic heterocycles. The minimum Gasteiger partial charge on any atom is -0.508 e. The normalized spacial score (nSPS) is 26.9. The van der Waals surface area contributed by atoms with E-state index in [1.54, 1.807) is 18.2 Å². The Morgan fingerprint density at radius 2 is 2.00 bits per heavy atom. The van der Waals surface area contributed by atoms with Gasteiger partial charge in [0.05, 0.1) is 6.10 Å². The summed E-state index contributed by atoms with van der Waals surface area (Å²) in [4.78, 5) is 0. The van der Waals surface area contributed by atoms with Crippen LogP contribution in [0.15, 0.2) is 18.2 Å². The molecule has 0 bridgehead atoms. The molecule has 70 valence electrons. The SMILES string of the molecule is Oc1cccc2c1CC[C@@H](O)[C@H]2O. The summed E-state index contributed by atoms with van der Waals surface area (Å²) < 4.78 is 0. The topological polar surface area (TPSA) is 60.7 Å². The molecule has 0 fully saturated rings. The summed E-state index contributed by atoms with van der Waals surface area (Å²) in [7, 11) is 0. The van der Waals surface area contributed by atoms with Crippen molar-refractivity contribution in [3.8, 4) is 5.75 Å². The lowest BCUT2D eigenvalue weighted by molar-refractivity contribution is 0.00614. The van der Waals surface area contributed by atoms with Gasteiger partial charge in [-0.1, -0.05) is 12.1 Å². The maximum absolute atomic E-state index is 9.59. The van der Waals surface area contributed by atoms with E-state index in [9.17, 15) is 15.3 Å². The van der Waals surface area contributed by atoms with Crippen LogP contribution in [0.5, 0.6) is 5.75 Å². The highest BCUT2D eigenvalue weighted by Gasteiger charge is 2.27. The molecule has 0 saturated carbocycles. The Labute approximate surface area is 76.3 Å². The highest BCUT2D eigenvalue weighted by Crippen LogP contribution is 2.34. The van der Waals surface area contributed by atoms with Gasteiger partial charge in [0, 0.05) is 0 Å². The summed E-state index contributed by atoms with van der Waals surface area (Å²) >= 11 is 0. The van der Waals surface area contributed by atoms with E-state index in [0.717, 1.165) is 5.56 Å². The zero-order valence-corrected chi connectivity index (χ0v) is 7.14. The summed E-state index contributed by atoms with van der Waals surface area (Å²) in [5.41, 5.74) is 1.42. The largest absolute Gasteiger partial charge is 0.508 e. The predicted octanol–water partition coefficient (Wildman–Crippen LogP) is 0.733. The number of phenolic OH excluding ortho intramolecular Hbond substituents is 1. The van der Waals surface area contributed by atoms with Crippen molar-refractivity contribution in [1.82, 2.24) is 0 Å². The van der Waals surface area contributed by atoms with Crippen molar-refractivity contribution in [3.63, 3.8) is 0 Å². The number of fused-ring (bicyclic) bond motifs is 1. The Morgan fingerprint density at radius 3 is 2.77 bits per heavy atom. The molecule has 3 N–H and O–H groups in total. The minimum atomic E-state index is -0.851. The lowest BCUT2D eigenvalue weighted by Crippen LogP contribution is -2.24. The van der Waals surface area contributed by atoms with Crippen LogP contribution >= 0.6 is 0 Å². The highest BCUT2D eigenvalue weighted by molar-refractivity contribution is 5.42. The van der Waals surface area contributed by atoms with Gasteiger partial charge in [-0.15, -0.1) is 0 Å². The van der Waals surface area contributed by atoms with Gasteiger partial charge in [0.1, 0.15) is 11.9 Å². The van der Waals surface area contributed by atoms with Crippen LogP contribution in [0.3, 0.4) is 0 Å². The maximum atomic E-state index is 9.59. The number of benzene rings is 1. The summed E-state index contributed by atoms with van der Waals surface area (Å²) in [5.74, 6) is 0.212. The fourth-order valence-corrected chi connectivity index (χ4v) is 1.80. The fraction of sp³-hybridized carbons (Fsp3) is 0.400. The van der Waals surface area contributed by atoms with Crippen molar-refractivity contribution < 1.29 is 15.3 Å². The van der Waals surface area contributed by atoms with Gasteiger partial charge in [-0.05, 0) is 30.0 Å². The van der Waals surface area contributed by atoms with Crippen LogP contribution in [0.2, 0.25) is 0 Å². The highest BCUT2D eigenvalue weighted by atomic mass is 16.3. The Morgan fingerprint density at radius 1 is 1.23 bits per heavy atom. The molecule has 0 spiro atoms. The molecule has 0 aromatic heterocycles. The summed E-state index contributed by atoms with van der Waals surface area (Å²) in [6.07, 6.45) is -0.420. The Hall–Kier alpha value is -1.06. The number of aliphatic hydroxyl groups excluding tert-OH is 2. The molecule has 1 aliphatic carbocycles. The second-order valence-corrected chi connectivity index (χ2v) is 3.40. The Bertz CT molecular complexity index is 322. The van der Waals surface area contributed by atoms with Crippen molar-refractivity contribution in [3.05, 3.63) is 29.3 Å². The van der Waals surface area contributed by atoms with E-state index in [2.05, 4.69) is 0 Å². The molecule has 3 nitrogen and oxygen atoms in total. The van der Waals surface area contributed by atoms with Gasteiger partial charge < -0.3 is 15.3 Å². The van der Waals surface area contributed by atoms with Crippen molar-refractivity contribution in [2.24, 2.45) is 0 Å². The van der Waals surface area contributed by atoms with Crippen molar-refractivity contribution in [2.45, 2.75) is 25.0 Å². The van der Waals surface area contributed by atoms with Crippen molar-refractivity contribution in [1.29, 1.82) is 0 Å². The van der Waals surface area contributed by atoms with E-state index >= 15 is 0 Å². The minimum absolute atomic E-state index is 0.212. The first kappa shape index (κ1) is 8.53. The molecule has 0 saturated heterocycles. The molecular formula is C10H12O3. The van der Waals surface area contributed by atoms with E-state index in [0.29, 0.717) is 18.4 Å². The first-order valence-electron chi connectivity index (χ1n) is 4.37. The number of hydrogen-bond acceptors (Lipinski definition) is 3. The average Bonchev–Trinajstić information content (AvgIpc) is 2.12. The van der Waals surface area contributed by atoms with Crippen LogP contribution in [0, 0.1) is 0 Å². The smallest absolute Gasteiger partial charge is 0.119 e. The molecule has 2 atom stereocenters. The van der Waals surface area contributed by atoms with Crippen LogP contribution in [0.1, 0.15) is 23.7 Å². The van der Waals surface area contributed by atoms with Crippen LogP contribution < -0.4 is 0 Å². The van der Waals surface area contributed by atoms with E-state index < -0.39 is 12.2 Å². The van der Waals surface area contributed by atoms with E-state index in [-0.39, 0.29) is 5.75 Å². The number of aromatic hydroxyl groups is 1. The maximum Gasteiger partial charge on any atom is 0.119 e. The van der Waals surface area contributed by atoms with Crippen LogP contribution in [-0.4, -0.2) is 21.4 Å². The molecule has 0 radical (unpaired) electrons. The molecule has 1 aromatic carbocycles. The van der Waals surface area contributed by atoms with Gasteiger partial charge in [-0.3, -0.25) is 0 Å². The van der Waals surface area contributed by atoms with Crippen molar-refractivity contribution in [2.75, 3.05) is 0 Å². The van der Waals surface area contributed by atoms with Gasteiger partial charge in [-0.2, -0.15) is 0 Å². The van der Waals surface area contributed by atoms with E-state index in [1.807, 2.05) is 0 Å². The predicted molar refractivity (Wildman–Crippen MR) is 47.4 cm³/mol. The second-order valence-electron chi connectivity index (χ2n) is 3.40. The van der Waals surface area contributed by atoms with Gasteiger partial charge in [0.25, 0.3) is 0 Å². The Balaban J connectivity index is 2.49. The van der Waals surface area contributed by atoms with Crippen LogP contribution in [0.4, 0.5) is 0 Å². The quantitative estimate of drug-likeness (QED) is 0.551. The molecule has 3 heteroatoms. The third-order valence-corrected chi connectivity index (χ3v) is 2.56. The lowest BCUT2D eigenvalue weighted by atomic mass is 9.87. The molecule has 2 rings (SSSR count). The van der Waals surface area contributed by atoms with Crippen molar-refractivity contribution >= 4 is 0 Å². The van der Waals surface area contributed by atoms with Gasteiger partial charge in [0.15, 0.2) is 0 Å². The monoisotopic (exact) mass is 180 g/mol. The standard InChI is InChI=1S/C10H12O3/c11-8-3-1-2-7-6(8)4-5-9(12)10(7)13/h1-3,9-13H,4-5H2/t9-,10+/m1/s1. The zero-order chi connectivity index (χ0) is 9.42. The Kier molecular flexibility index (Phi) is 1.98. The molecular weight excluding hydrogens is 168 g/mol. The summed E-state index contributed by atoms with van der Waals surface area (Å²) in [6.45, 7) is 0. The zero-order valence-electron chi connectivity index (χ0n) is 7.14. The second kappa shape index (κ2) is 3.01. The lowest BCUT2D eigenvalue weighted by Gasteiger charge is -2.26. The molecule has 1 aliphatic rings. The number of hydrogen-bond donors (Lipinski definition) is 3. The number of aliphatic hydroxyl groups is 2. The molecule has 0 amide bonds. The van der Waals surface area contributed by atoms with E-state index in [4.69, 9.17) is 0 Å². The summed E-state index contributed by atoms with van der Waals surface area (Å²) in [6, 6.07) is 5.01.